The molecule has 154 valence electrons. The Labute approximate surface area is 164 Å². The van der Waals surface area contributed by atoms with Gasteiger partial charge < -0.3 is 5.73 Å². The van der Waals surface area contributed by atoms with Gasteiger partial charge in [0.05, 0.1) is 0 Å². The van der Waals surface area contributed by atoms with E-state index in [1.165, 1.54) is 128 Å². The Morgan fingerprint density at radius 2 is 0.962 bits per heavy atom. The van der Waals surface area contributed by atoms with Gasteiger partial charge in [0.2, 0.25) is 5.91 Å². The number of rotatable bonds is 18. The van der Waals surface area contributed by atoms with E-state index < -0.39 is 0 Å². The molecular formula is C24H47NO. The number of nitrogens with two attached hydrogens (primary N) is 1. The summed E-state index contributed by atoms with van der Waals surface area (Å²) < 4.78 is 0. The number of amides is 1. The van der Waals surface area contributed by atoms with Crippen molar-refractivity contribution in [1.29, 1.82) is 0 Å². The van der Waals surface area contributed by atoms with Crippen molar-refractivity contribution in [1.82, 2.24) is 0 Å². The predicted molar refractivity (Wildman–Crippen MR) is 114 cm³/mol. The first-order valence-corrected chi connectivity index (χ1v) is 12.1. The Morgan fingerprint density at radius 3 is 1.38 bits per heavy atom. The molecule has 0 aromatic rings. The highest BCUT2D eigenvalue weighted by Crippen LogP contribution is 2.28. The average Bonchev–Trinajstić information content (AvgIpc) is 2.65. The van der Waals surface area contributed by atoms with Crippen molar-refractivity contribution in [2.75, 3.05) is 0 Å². The van der Waals surface area contributed by atoms with Crippen molar-refractivity contribution in [3.05, 3.63) is 0 Å². The van der Waals surface area contributed by atoms with Gasteiger partial charge in [0, 0.05) is 6.42 Å². The van der Waals surface area contributed by atoms with Crippen LogP contribution in [-0.4, -0.2) is 5.91 Å². The maximum Gasteiger partial charge on any atom is 0.217 e. The highest BCUT2D eigenvalue weighted by Gasteiger charge is 2.12. The molecule has 1 amide bonds. The van der Waals surface area contributed by atoms with E-state index >= 15 is 0 Å². The Balaban J connectivity index is 1.66. The Kier molecular flexibility index (Phi) is 16.2. The summed E-state index contributed by atoms with van der Waals surface area (Å²) in [6.07, 6.45) is 30.3. The van der Waals surface area contributed by atoms with E-state index in [-0.39, 0.29) is 5.91 Å². The first-order chi connectivity index (χ1) is 12.8. The van der Waals surface area contributed by atoms with E-state index in [0.717, 1.165) is 12.3 Å². The van der Waals surface area contributed by atoms with Gasteiger partial charge in [0.1, 0.15) is 0 Å². The molecule has 1 fully saturated rings. The standard InChI is InChI=1S/C24H47NO/c25-24(26)22-18-13-11-9-7-5-3-1-2-4-6-8-10-12-15-19-23-20-16-14-17-21-23/h23H,1-22H2,(H2,25,26). The van der Waals surface area contributed by atoms with Gasteiger partial charge in [-0.05, 0) is 12.3 Å². The smallest absolute Gasteiger partial charge is 0.217 e. The number of carbonyl (C=O) groups excluding carboxylic acids is 1. The highest BCUT2D eigenvalue weighted by atomic mass is 16.1. The van der Waals surface area contributed by atoms with E-state index in [1.54, 1.807) is 0 Å². The number of primary amides is 1. The zero-order valence-corrected chi connectivity index (χ0v) is 17.6. The van der Waals surface area contributed by atoms with Gasteiger partial charge in [-0.25, -0.2) is 0 Å². The van der Waals surface area contributed by atoms with Crippen LogP contribution in [0.5, 0.6) is 0 Å². The molecule has 0 aromatic carbocycles. The molecule has 0 unspecified atom stereocenters. The van der Waals surface area contributed by atoms with Crippen molar-refractivity contribution in [2.45, 2.75) is 141 Å². The van der Waals surface area contributed by atoms with Crippen molar-refractivity contribution in [3.63, 3.8) is 0 Å². The summed E-state index contributed by atoms with van der Waals surface area (Å²) in [7, 11) is 0. The summed E-state index contributed by atoms with van der Waals surface area (Å²) in [6, 6.07) is 0. The minimum absolute atomic E-state index is 0.149. The van der Waals surface area contributed by atoms with E-state index in [1.807, 2.05) is 0 Å². The fourth-order valence-electron chi connectivity index (χ4n) is 4.51. The monoisotopic (exact) mass is 365 g/mol. The molecule has 0 atom stereocenters. The second-order valence-corrected chi connectivity index (χ2v) is 8.81. The maximum absolute atomic E-state index is 10.6. The summed E-state index contributed by atoms with van der Waals surface area (Å²) in [4.78, 5) is 10.6. The molecule has 1 saturated carbocycles. The van der Waals surface area contributed by atoms with Gasteiger partial charge in [0.25, 0.3) is 0 Å². The molecule has 0 heterocycles. The van der Waals surface area contributed by atoms with Gasteiger partial charge in [-0.3, -0.25) is 4.79 Å². The molecule has 0 spiro atoms. The fraction of sp³-hybridized carbons (Fsp3) is 0.958. The topological polar surface area (TPSA) is 43.1 Å². The SMILES string of the molecule is NC(=O)CCCCCCCCCCCCCCCCCC1CCCCC1. The lowest BCUT2D eigenvalue weighted by atomic mass is 9.85. The van der Waals surface area contributed by atoms with Crippen LogP contribution in [-0.2, 0) is 4.79 Å². The van der Waals surface area contributed by atoms with Gasteiger partial charge in [-0.2, -0.15) is 0 Å². The number of hydrogen-bond donors (Lipinski definition) is 1. The van der Waals surface area contributed by atoms with Crippen molar-refractivity contribution in [3.8, 4) is 0 Å². The minimum atomic E-state index is -0.149. The summed E-state index contributed by atoms with van der Waals surface area (Å²) in [6.45, 7) is 0. The van der Waals surface area contributed by atoms with E-state index in [9.17, 15) is 4.79 Å². The molecule has 2 heteroatoms. The Morgan fingerprint density at radius 1 is 0.577 bits per heavy atom. The normalized spacial score (nSPS) is 15.4. The molecule has 2 N–H and O–H groups in total. The van der Waals surface area contributed by atoms with Crippen LogP contribution in [0.1, 0.15) is 141 Å². The molecular weight excluding hydrogens is 318 g/mol. The number of unbranched alkanes of at least 4 members (excludes halogenated alkanes) is 14. The van der Waals surface area contributed by atoms with Crippen LogP contribution in [0.25, 0.3) is 0 Å². The maximum atomic E-state index is 10.6. The summed E-state index contributed by atoms with van der Waals surface area (Å²) >= 11 is 0. The molecule has 0 aromatic heterocycles. The van der Waals surface area contributed by atoms with Crippen LogP contribution >= 0.6 is 0 Å². The average molecular weight is 366 g/mol. The Bertz CT molecular complexity index is 309. The van der Waals surface area contributed by atoms with E-state index in [2.05, 4.69) is 0 Å². The van der Waals surface area contributed by atoms with Crippen LogP contribution in [0.15, 0.2) is 0 Å². The number of carbonyl (C=O) groups is 1. The Hall–Kier alpha value is -0.530. The molecule has 0 bridgehead atoms. The quantitative estimate of drug-likeness (QED) is 0.249. The van der Waals surface area contributed by atoms with E-state index in [0.29, 0.717) is 6.42 Å². The van der Waals surface area contributed by atoms with Crippen LogP contribution in [0.2, 0.25) is 0 Å². The van der Waals surface area contributed by atoms with Crippen LogP contribution in [0.3, 0.4) is 0 Å². The molecule has 0 radical (unpaired) electrons. The molecule has 0 aliphatic heterocycles. The lowest BCUT2D eigenvalue weighted by Crippen LogP contribution is -2.09. The summed E-state index contributed by atoms with van der Waals surface area (Å²) in [5, 5.41) is 0. The lowest BCUT2D eigenvalue weighted by Gasteiger charge is -2.21. The second-order valence-electron chi connectivity index (χ2n) is 8.81. The summed E-state index contributed by atoms with van der Waals surface area (Å²) in [5.74, 6) is 0.934. The van der Waals surface area contributed by atoms with Gasteiger partial charge in [-0.15, -0.1) is 0 Å². The first kappa shape index (κ1) is 23.5. The third-order valence-electron chi connectivity index (χ3n) is 6.26. The van der Waals surface area contributed by atoms with Gasteiger partial charge in [0.15, 0.2) is 0 Å². The van der Waals surface area contributed by atoms with Crippen LogP contribution in [0, 0.1) is 5.92 Å². The number of hydrogen-bond acceptors (Lipinski definition) is 1. The predicted octanol–water partition coefficient (Wildman–Crippen LogP) is 7.68. The van der Waals surface area contributed by atoms with Crippen molar-refractivity contribution < 1.29 is 4.79 Å². The van der Waals surface area contributed by atoms with Gasteiger partial charge in [-0.1, -0.05) is 128 Å². The molecule has 1 aliphatic carbocycles. The van der Waals surface area contributed by atoms with Gasteiger partial charge >= 0.3 is 0 Å². The van der Waals surface area contributed by atoms with Crippen molar-refractivity contribution >= 4 is 5.91 Å². The second kappa shape index (κ2) is 17.9. The molecule has 1 rings (SSSR count). The van der Waals surface area contributed by atoms with E-state index in [4.69, 9.17) is 5.73 Å². The van der Waals surface area contributed by atoms with Crippen LogP contribution in [0.4, 0.5) is 0 Å². The zero-order chi connectivity index (χ0) is 18.7. The highest BCUT2D eigenvalue weighted by molar-refractivity contribution is 5.73. The largest absolute Gasteiger partial charge is 0.370 e. The zero-order valence-electron chi connectivity index (χ0n) is 17.6. The van der Waals surface area contributed by atoms with Crippen molar-refractivity contribution in [2.24, 2.45) is 11.7 Å². The molecule has 26 heavy (non-hydrogen) atoms. The molecule has 0 saturated heterocycles. The van der Waals surface area contributed by atoms with Crippen LogP contribution < -0.4 is 5.73 Å². The first-order valence-electron chi connectivity index (χ1n) is 12.1. The summed E-state index contributed by atoms with van der Waals surface area (Å²) in [5.41, 5.74) is 5.14. The minimum Gasteiger partial charge on any atom is -0.370 e. The molecule has 2 nitrogen and oxygen atoms in total. The molecule has 1 aliphatic rings. The third kappa shape index (κ3) is 15.7. The lowest BCUT2D eigenvalue weighted by molar-refractivity contribution is -0.118. The third-order valence-corrected chi connectivity index (χ3v) is 6.26. The fourth-order valence-corrected chi connectivity index (χ4v) is 4.51.